The number of hydrogen-bond acceptors (Lipinski definition) is 2. The van der Waals surface area contributed by atoms with Crippen LogP contribution in [0.1, 0.15) is 31.9 Å². The van der Waals surface area contributed by atoms with E-state index >= 15 is 0 Å². The number of halogens is 1. The van der Waals surface area contributed by atoms with Gasteiger partial charge in [-0.15, -0.1) is 24.2 Å². The minimum atomic E-state index is 0. The van der Waals surface area contributed by atoms with Crippen LogP contribution in [0, 0.1) is 5.92 Å². The summed E-state index contributed by atoms with van der Waals surface area (Å²) in [6, 6.07) is 8.74. The van der Waals surface area contributed by atoms with Crippen LogP contribution in [0.25, 0.3) is 0 Å². The maximum Gasteiger partial charge on any atom is 0.0320 e. The number of benzene rings is 1. The molecule has 0 bridgehead atoms. The molecule has 0 saturated carbocycles. The Morgan fingerprint density at radius 3 is 2.20 bits per heavy atom. The van der Waals surface area contributed by atoms with Gasteiger partial charge in [-0.2, -0.15) is 0 Å². The first-order valence-corrected chi connectivity index (χ1v) is 6.31. The Hall–Kier alpha value is -0.180. The lowest BCUT2D eigenvalue weighted by atomic mass is 9.93. The van der Waals surface area contributed by atoms with Crippen molar-refractivity contribution >= 4 is 24.2 Å². The Bertz CT molecular complexity index is 273. The first-order chi connectivity index (χ1) is 6.69. The molecule has 86 valence electrons. The lowest BCUT2D eigenvalue weighted by Crippen LogP contribution is -2.18. The highest BCUT2D eigenvalue weighted by Crippen LogP contribution is 2.23. The fourth-order valence-corrected chi connectivity index (χ4v) is 1.82. The van der Waals surface area contributed by atoms with Crippen LogP contribution >= 0.6 is 24.2 Å². The number of nitrogens with two attached hydrogens (primary N) is 1. The van der Waals surface area contributed by atoms with Gasteiger partial charge in [0.2, 0.25) is 0 Å². The highest BCUT2D eigenvalue weighted by Gasteiger charge is 2.12. The van der Waals surface area contributed by atoms with Crippen molar-refractivity contribution in [3.8, 4) is 0 Å². The van der Waals surface area contributed by atoms with Gasteiger partial charge in [-0.1, -0.05) is 32.4 Å². The fraction of sp³-hybridized carbons (Fsp3) is 0.500. The Kier molecular flexibility index (Phi) is 7.07. The summed E-state index contributed by atoms with van der Waals surface area (Å²) in [7, 11) is 0. The van der Waals surface area contributed by atoms with Crippen molar-refractivity contribution in [1.82, 2.24) is 0 Å². The van der Waals surface area contributed by atoms with Crippen LogP contribution in [0.2, 0.25) is 0 Å². The molecule has 0 heterocycles. The van der Waals surface area contributed by atoms with Gasteiger partial charge in [-0.05, 0) is 29.9 Å². The second-order valence-corrected chi connectivity index (χ2v) is 4.56. The third kappa shape index (κ3) is 4.06. The Labute approximate surface area is 103 Å². The van der Waals surface area contributed by atoms with Crippen molar-refractivity contribution in [2.75, 3.05) is 6.26 Å². The van der Waals surface area contributed by atoms with E-state index < -0.39 is 0 Å². The zero-order valence-corrected chi connectivity index (χ0v) is 11.2. The first kappa shape index (κ1) is 14.8. The van der Waals surface area contributed by atoms with Gasteiger partial charge in [0.25, 0.3) is 0 Å². The van der Waals surface area contributed by atoms with Crippen molar-refractivity contribution in [2.24, 2.45) is 11.7 Å². The Balaban J connectivity index is 0.00000196. The summed E-state index contributed by atoms with van der Waals surface area (Å²) < 4.78 is 0. The molecule has 2 N–H and O–H groups in total. The summed E-state index contributed by atoms with van der Waals surface area (Å²) in [6.07, 6.45) is 3.22. The largest absolute Gasteiger partial charge is 0.324 e. The first-order valence-electron chi connectivity index (χ1n) is 5.08. The van der Waals surface area contributed by atoms with Gasteiger partial charge in [0.1, 0.15) is 0 Å². The van der Waals surface area contributed by atoms with E-state index in [-0.39, 0.29) is 18.4 Å². The van der Waals surface area contributed by atoms with Gasteiger partial charge in [0, 0.05) is 10.9 Å². The number of hydrogen-bond donors (Lipinski definition) is 1. The van der Waals surface area contributed by atoms with Crippen molar-refractivity contribution in [3.63, 3.8) is 0 Å². The molecule has 0 amide bonds. The monoisotopic (exact) mass is 245 g/mol. The fourth-order valence-electron chi connectivity index (χ4n) is 1.41. The minimum Gasteiger partial charge on any atom is -0.324 e. The minimum absolute atomic E-state index is 0. The Morgan fingerprint density at radius 1 is 1.27 bits per heavy atom. The van der Waals surface area contributed by atoms with Gasteiger partial charge in [0.15, 0.2) is 0 Å². The third-order valence-corrected chi connectivity index (χ3v) is 3.50. The second-order valence-electron chi connectivity index (χ2n) is 3.68. The molecule has 0 aliphatic carbocycles. The summed E-state index contributed by atoms with van der Waals surface area (Å²) in [4.78, 5) is 1.30. The van der Waals surface area contributed by atoms with E-state index in [1.165, 1.54) is 10.5 Å². The quantitative estimate of drug-likeness (QED) is 0.815. The number of rotatable bonds is 4. The summed E-state index contributed by atoms with van der Waals surface area (Å²) in [5.74, 6) is 0.551. The van der Waals surface area contributed by atoms with Gasteiger partial charge < -0.3 is 5.73 Å². The Morgan fingerprint density at radius 2 is 1.80 bits per heavy atom. The maximum absolute atomic E-state index is 6.13. The molecule has 0 fully saturated rings. The van der Waals surface area contributed by atoms with Crippen molar-refractivity contribution in [2.45, 2.75) is 31.2 Å². The molecule has 15 heavy (non-hydrogen) atoms. The molecular formula is C12H20ClNS. The summed E-state index contributed by atoms with van der Waals surface area (Å²) in [5, 5.41) is 0. The molecule has 0 radical (unpaired) electrons. The normalized spacial score (nSPS) is 14.1. The van der Waals surface area contributed by atoms with Crippen LogP contribution < -0.4 is 5.73 Å². The van der Waals surface area contributed by atoms with Crippen molar-refractivity contribution < 1.29 is 0 Å². The predicted octanol–water partition coefficient (Wildman–Crippen LogP) is 3.88. The molecular weight excluding hydrogens is 226 g/mol. The van der Waals surface area contributed by atoms with Crippen LogP contribution in [0.4, 0.5) is 0 Å². The van der Waals surface area contributed by atoms with Crippen molar-refractivity contribution in [1.29, 1.82) is 0 Å². The molecule has 1 aromatic carbocycles. The molecule has 0 aliphatic rings. The lowest BCUT2D eigenvalue weighted by Gasteiger charge is -2.18. The van der Waals surface area contributed by atoms with E-state index in [2.05, 4.69) is 44.4 Å². The van der Waals surface area contributed by atoms with E-state index in [0.29, 0.717) is 5.92 Å². The van der Waals surface area contributed by atoms with Crippen LogP contribution in [-0.2, 0) is 0 Å². The molecule has 2 atom stereocenters. The SMILES string of the molecule is CCC(C)[C@@H](N)c1ccc(SC)cc1.Cl. The lowest BCUT2D eigenvalue weighted by molar-refractivity contribution is 0.456. The van der Waals surface area contributed by atoms with Crippen LogP contribution in [0.5, 0.6) is 0 Å². The van der Waals surface area contributed by atoms with Crippen molar-refractivity contribution in [3.05, 3.63) is 29.8 Å². The highest BCUT2D eigenvalue weighted by molar-refractivity contribution is 7.98. The van der Waals surface area contributed by atoms with E-state index in [1.54, 1.807) is 11.8 Å². The average molecular weight is 246 g/mol. The standard InChI is InChI=1S/C12H19NS.ClH/c1-4-9(2)12(13)10-5-7-11(14-3)8-6-10;/h5-9,12H,4,13H2,1-3H3;1H/t9?,12-;/m1./s1. The maximum atomic E-state index is 6.13. The van der Waals surface area contributed by atoms with Gasteiger partial charge >= 0.3 is 0 Å². The zero-order chi connectivity index (χ0) is 10.6. The van der Waals surface area contributed by atoms with E-state index in [9.17, 15) is 0 Å². The van der Waals surface area contributed by atoms with Gasteiger partial charge in [-0.25, -0.2) is 0 Å². The summed E-state index contributed by atoms with van der Waals surface area (Å²) in [5.41, 5.74) is 7.38. The zero-order valence-electron chi connectivity index (χ0n) is 9.57. The van der Waals surface area contributed by atoms with E-state index in [0.717, 1.165) is 6.42 Å². The molecule has 1 nitrogen and oxygen atoms in total. The molecule has 0 saturated heterocycles. The second kappa shape index (κ2) is 7.15. The highest BCUT2D eigenvalue weighted by atomic mass is 35.5. The van der Waals surface area contributed by atoms with Crippen LogP contribution in [-0.4, -0.2) is 6.26 Å². The van der Waals surface area contributed by atoms with Crippen LogP contribution in [0.15, 0.2) is 29.2 Å². The van der Waals surface area contributed by atoms with Gasteiger partial charge in [0.05, 0.1) is 0 Å². The average Bonchev–Trinajstić information content (AvgIpc) is 2.27. The summed E-state index contributed by atoms with van der Waals surface area (Å²) in [6.45, 7) is 4.38. The molecule has 0 spiro atoms. The molecule has 0 aliphatic heterocycles. The number of thioether (sulfide) groups is 1. The smallest absolute Gasteiger partial charge is 0.0320 e. The molecule has 1 unspecified atom stereocenters. The predicted molar refractivity (Wildman–Crippen MR) is 71.9 cm³/mol. The molecule has 0 aromatic heterocycles. The van der Waals surface area contributed by atoms with Gasteiger partial charge in [-0.3, -0.25) is 0 Å². The topological polar surface area (TPSA) is 26.0 Å². The summed E-state index contributed by atoms with van der Waals surface area (Å²) >= 11 is 1.76. The van der Waals surface area contributed by atoms with Crippen LogP contribution in [0.3, 0.4) is 0 Å². The molecule has 1 rings (SSSR count). The molecule has 3 heteroatoms. The van der Waals surface area contributed by atoms with E-state index in [1.807, 2.05) is 0 Å². The third-order valence-electron chi connectivity index (χ3n) is 2.76. The van der Waals surface area contributed by atoms with E-state index in [4.69, 9.17) is 5.73 Å². The molecule has 1 aromatic rings.